The molecule has 1 aromatic rings. The van der Waals surface area contributed by atoms with E-state index in [0.717, 1.165) is 18.6 Å². The molecule has 21 heavy (non-hydrogen) atoms. The summed E-state index contributed by atoms with van der Waals surface area (Å²) in [7, 11) is -0.320. The van der Waals surface area contributed by atoms with Gasteiger partial charge in [0.2, 0.25) is 0 Å². The Morgan fingerprint density at radius 3 is 2.52 bits per heavy atom. The highest BCUT2D eigenvalue weighted by Gasteiger charge is 2.51. The number of pyridine rings is 1. The Hall–Kier alpha value is -0.905. The highest BCUT2D eigenvalue weighted by Crippen LogP contribution is 2.36. The average molecular weight is 288 g/mol. The quantitative estimate of drug-likeness (QED) is 0.843. The number of aromatic nitrogens is 1. The molecule has 0 radical (unpaired) electrons. The molecule has 2 saturated heterocycles. The number of piperidine rings is 1. The van der Waals surface area contributed by atoms with Gasteiger partial charge in [-0.2, -0.15) is 0 Å². The van der Waals surface area contributed by atoms with Gasteiger partial charge in [-0.15, -0.1) is 0 Å². The first-order valence-corrected chi connectivity index (χ1v) is 7.90. The van der Waals surface area contributed by atoms with E-state index in [4.69, 9.17) is 9.31 Å². The average Bonchev–Trinajstić information content (AvgIpc) is 2.69. The SMILES string of the molecule is CC1(C)OB(c2cncc([C@H]3CCCNC3)c2)OC1(C)C. The summed E-state index contributed by atoms with van der Waals surface area (Å²) in [5.41, 5.74) is 1.70. The molecule has 3 heterocycles. The van der Waals surface area contributed by atoms with Crippen molar-refractivity contribution in [3.8, 4) is 0 Å². The van der Waals surface area contributed by atoms with Crippen molar-refractivity contribution in [1.29, 1.82) is 0 Å². The molecule has 0 bridgehead atoms. The summed E-state index contributed by atoms with van der Waals surface area (Å²) < 4.78 is 12.2. The van der Waals surface area contributed by atoms with Crippen molar-refractivity contribution >= 4 is 12.6 Å². The summed E-state index contributed by atoms with van der Waals surface area (Å²) in [5.74, 6) is 0.550. The highest BCUT2D eigenvalue weighted by molar-refractivity contribution is 6.62. The van der Waals surface area contributed by atoms with E-state index >= 15 is 0 Å². The van der Waals surface area contributed by atoms with E-state index in [0.29, 0.717) is 5.92 Å². The Morgan fingerprint density at radius 1 is 1.19 bits per heavy atom. The number of hydrogen-bond acceptors (Lipinski definition) is 4. The van der Waals surface area contributed by atoms with Crippen molar-refractivity contribution in [2.75, 3.05) is 13.1 Å². The van der Waals surface area contributed by atoms with Crippen LogP contribution in [0.15, 0.2) is 18.5 Å². The molecule has 2 aliphatic heterocycles. The third-order valence-corrected chi connectivity index (χ3v) is 5.07. The standard InChI is InChI=1S/C16H25BN2O2/c1-15(2)16(3,4)21-17(20-15)14-8-13(10-19-11-14)12-6-5-7-18-9-12/h8,10-12,18H,5-7,9H2,1-4H3/t12-/m0/s1. The Bertz CT molecular complexity index is 497. The largest absolute Gasteiger partial charge is 0.496 e. The minimum Gasteiger partial charge on any atom is -0.399 e. The molecule has 0 aromatic carbocycles. The molecule has 3 rings (SSSR count). The van der Waals surface area contributed by atoms with Gasteiger partial charge in [-0.3, -0.25) is 4.98 Å². The van der Waals surface area contributed by atoms with Crippen LogP contribution in [0.4, 0.5) is 0 Å². The van der Waals surface area contributed by atoms with Crippen molar-refractivity contribution in [3.05, 3.63) is 24.0 Å². The van der Waals surface area contributed by atoms with Crippen LogP contribution in [0.25, 0.3) is 0 Å². The van der Waals surface area contributed by atoms with Gasteiger partial charge in [0.05, 0.1) is 11.2 Å². The molecule has 0 saturated carbocycles. The summed E-state index contributed by atoms with van der Waals surface area (Å²) in [5, 5.41) is 3.46. The van der Waals surface area contributed by atoms with E-state index in [1.54, 1.807) is 0 Å². The van der Waals surface area contributed by atoms with E-state index in [2.05, 4.69) is 44.1 Å². The Labute approximate surface area is 127 Å². The lowest BCUT2D eigenvalue weighted by Gasteiger charge is -2.32. The maximum atomic E-state index is 6.11. The van der Waals surface area contributed by atoms with Crippen LogP contribution in [0.2, 0.25) is 0 Å². The summed E-state index contributed by atoms with van der Waals surface area (Å²) in [4.78, 5) is 4.41. The molecule has 5 heteroatoms. The summed E-state index contributed by atoms with van der Waals surface area (Å²) >= 11 is 0. The van der Waals surface area contributed by atoms with E-state index in [-0.39, 0.29) is 18.3 Å². The summed E-state index contributed by atoms with van der Waals surface area (Å²) in [6, 6.07) is 2.20. The fourth-order valence-corrected chi connectivity index (χ4v) is 2.94. The van der Waals surface area contributed by atoms with Gasteiger partial charge in [0.15, 0.2) is 0 Å². The second kappa shape index (κ2) is 5.38. The topological polar surface area (TPSA) is 43.4 Å². The zero-order chi connectivity index (χ0) is 15.1. The van der Waals surface area contributed by atoms with Crippen molar-refractivity contribution in [1.82, 2.24) is 10.3 Å². The highest BCUT2D eigenvalue weighted by atomic mass is 16.7. The van der Waals surface area contributed by atoms with E-state index in [1.165, 1.54) is 18.4 Å². The van der Waals surface area contributed by atoms with Crippen LogP contribution in [0.1, 0.15) is 52.0 Å². The fraction of sp³-hybridized carbons (Fsp3) is 0.688. The van der Waals surface area contributed by atoms with Crippen LogP contribution < -0.4 is 10.8 Å². The van der Waals surface area contributed by atoms with Gasteiger partial charge >= 0.3 is 7.12 Å². The molecule has 0 amide bonds. The Balaban J connectivity index is 1.81. The van der Waals surface area contributed by atoms with Crippen molar-refractivity contribution < 1.29 is 9.31 Å². The molecule has 4 nitrogen and oxygen atoms in total. The van der Waals surface area contributed by atoms with Gasteiger partial charge in [-0.1, -0.05) is 6.07 Å². The molecule has 2 aliphatic rings. The summed E-state index contributed by atoms with van der Waals surface area (Å²) in [6.07, 6.45) is 6.29. The van der Waals surface area contributed by atoms with Gasteiger partial charge in [0.1, 0.15) is 0 Å². The van der Waals surface area contributed by atoms with Gasteiger partial charge in [-0.05, 0) is 58.6 Å². The first kappa shape index (κ1) is 15.0. The van der Waals surface area contributed by atoms with E-state index in [1.807, 2.05) is 12.4 Å². The molecule has 114 valence electrons. The molecular weight excluding hydrogens is 263 g/mol. The van der Waals surface area contributed by atoms with Gasteiger partial charge < -0.3 is 14.6 Å². The minimum absolute atomic E-state index is 0.305. The fourth-order valence-electron chi connectivity index (χ4n) is 2.94. The van der Waals surface area contributed by atoms with Crippen LogP contribution in [0.5, 0.6) is 0 Å². The monoisotopic (exact) mass is 288 g/mol. The first-order valence-electron chi connectivity index (χ1n) is 7.90. The zero-order valence-electron chi connectivity index (χ0n) is 13.5. The molecule has 1 N–H and O–H groups in total. The molecule has 0 spiro atoms. The van der Waals surface area contributed by atoms with Crippen molar-refractivity contribution in [3.63, 3.8) is 0 Å². The van der Waals surface area contributed by atoms with Crippen LogP contribution in [0, 0.1) is 0 Å². The normalized spacial score (nSPS) is 27.8. The number of rotatable bonds is 2. The predicted molar refractivity (Wildman–Crippen MR) is 84.8 cm³/mol. The lowest BCUT2D eigenvalue weighted by molar-refractivity contribution is 0.00578. The van der Waals surface area contributed by atoms with E-state index in [9.17, 15) is 0 Å². The van der Waals surface area contributed by atoms with Gasteiger partial charge in [0.25, 0.3) is 0 Å². The third-order valence-electron chi connectivity index (χ3n) is 5.07. The Kier molecular flexibility index (Phi) is 3.84. The number of nitrogens with one attached hydrogen (secondary N) is 1. The van der Waals surface area contributed by atoms with Crippen LogP contribution in [-0.4, -0.2) is 36.4 Å². The first-order chi connectivity index (χ1) is 9.89. The molecule has 2 fully saturated rings. The summed E-state index contributed by atoms with van der Waals surface area (Å²) in [6.45, 7) is 10.5. The van der Waals surface area contributed by atoms with Crippen molar-refractivity contribution in [2.24, 2.45) is 0 Å². The second-order valence-electron chi connectivity index (χ2n) is 7.18. The predicted octanol–water partition coefficient (Wildman–Crippen LogP) is 1.85. The molecule has 1 atom stereocenters. The molecule has 0 aliphatic carbocycles. The lowest BCUT2D eigenvalue weighted by atomic mass is 9.78. The number of hydrogen-bond donors (Lipinski definition) is 1. The Morgan fingerprint density at radius 2 is 1.90 bits per heavy atom. The maximum Gasteiger partial charge on any atom is 0.496 e. The number of nitrogens with zero attached hydrogens (tertiary/aromatic N) is 1. The third kappa shape index (κ3) is 2.87. The molecule has 0 unspecified atom stereocenters. The van der Waals surface area contributed by atoms with Crippen LogP contribution in [0.3, 0.4) is 0 Å². The zero-order valence-corrected chi connectivity index (χ0v) is 13.5. The van der Waals surface area contributed by atoms with E-state index < -0.39 is 0 Å². The lowest BCUT2D eigenvalue weighted by Crippen LogP contribution is -2.41. The van der Waals surface area contributed by atoms with Gasteiger partial charge in [-0.25, -0.2) is 0 Å². The van der Waals surface area contributed by atoms with Crippen LogP contribution in [-0.2, 0) is 9.31 Å². The molecular formula is C16H25BN2O2. The molecule has 1 aromatic heterocycles. The van der Waals surface area contributed by atoms with Crippen molar-refractivity contribution in [2.45, 2.75) is 57.7 Å². The van der Waals surface area contributed by atoms with Crippen LogP contribution >= 0.6 is 0 Å². The minimum atomic E-state index is -0.320. The smallest absolute Gasteiger partial charge is 0.399 e. The van der Waals surface area contributed by atoms with Gasteiger partial charge in [0, 0.05) is 24.4 Å². The maximum absolute atomic E-state index is 6.11. The second-order valence-corrected chi connectivity index (χ2v) is 7.18.